The molecule has 0 amide bonds. The van der Waals surface area contributed by atoms with Gasteiger partial charge in [0.1, 0.15) is 5.15 Å². The molecule has 0 aromatic carbocycles. The third kappa shape index (κ3) is 1.80. The third-order valence-electron chi connectivity index (χ3n) is 1.67. The Hall–Kier alpha value is -1.68. The lowest BCUT2D eigenvalue weighted by atomic mass is 10.2. The Bertz CT molecular complexity index is 424. The average Bonchev–Trinajstić information content (AvgIpc) is 2.18. The van der Waals surface area contributed by atoms with E-state index in [0.29, 0.717) is 10.8 Å². The number of halogens is 1. The van der Waals surface area contributed by atoms with Gasteiger partial charge in [-0.25, -0.2) is 9.97 Å². The third-order valence-corrected chi connectivity index (χ3v) is 1.86. The summed E-state index contributed by atoms with van der Waals surface area (Å²) >= 11 is 5.75. The first-order chi connectivity index (χ1) is 6.75. The largest absolute Gasteiger partial charge is 0.368 e. The van der Waals surface area contributed by atoms with E-state index in [-0.39, 0.29) is 5.95 Å². The maximum Gasteiger partial charge on any atom is 0.221 e. The number of aromatic nitrogens is 3. The zero-order valence-electron chi connectivity index (χ0n) is 7.18. The molecule has 0 saturated heterocycles. The van der Waals surface area contributed by atoms with Gasteiger partial charge in [0.05, 0.1) is 5.69 Å². The lowest BCUT2D eigenvalue weighted by Gasteiger charge is -2.00. The van der Waals surface area contributed by atoms with E-state index in [1.165, 1.54) is 0 Å². The summed E-state index contributed by atoms with van der Waals surface area (Å²) in [5.74, 6) is 0.163. The molecular formula is C9H7ClN4. The number of hydrogen-bond acceptors (Lipinski definition) is 4. The van der Waals surface area contributed by atoms with Crippen LogP contribution in [0.2, 0.25) is 5.15 Å². The van der Waals surface area contributed by atoms with Crippen LogP contribution in [0.4, 0.5) is 5.95 Å². The van der Waals surface area contributed by atoms with Crippen molar-refractivity contribution >= 4 is 17.5 Å². The molecule has 0 aliphatic heterocycles. The Kier molecular flexibility index (Phi) is 2.28. The van der Waals surface area contributed by atoms with Gasteiger partial charge in [0.2, 0.25) is 5.95 Å². The lowest BCUT2D eigenvalue weighted by Crippen LogP contribution is -1.96. The Morgan fingerprint density at radius 2 is 2.14 bits per heavy atom. The molecule has 2 aromatic heterocycles. The SMILES string of the molecule is Nc1nc(Cl)cc(-c2cccnc2)n1. The molecule has 0 unspecified atom stereocenters. The zero-order chi connectivity index (χ0) is 9.97. The Morgan fingerprint density at radius 3 is 2.79 bits per heavy atom. The Labute approximate surface area is 85.8 Å². The van der Waals surface area contributed by atoms with Crippen molar-refractivity contribution in [1.29, 1.82) is 0 Å². The monoisotopic (exact) mass is 206 g/mol. The van der Waals surface area contributed by atoms with Crippen LogP contribution in [0.15, 0.2) is 30.6 Å². The molecule has 0 aliphatic carbocycles. The molecule has 0 spiro atoms. The van der Waals surface area contributed by atoms with Crippen LogP contribution in [0, 0.1) is 0 Å². The highest BCUT2D eigenvalue weighted by molar-refractivity contribution is 6.29. The van der Waals surface area contributed by atoms with Crippen LogP contribution >= 0.6 is 11.6 Å². The molecule has 4 nitrogen and oxygen atoms in total. The molecule has 5 heteroatoms. The van der Waals surface area contributed by atoms with E-state index < -0.39 is 0 Å². The molecule has 2 rings (SSSR count). The molecule has 0 saturated carbocycles. The van der Waals surface area contributed by atoms with Crippen LogP contribution in [0.1, 0.15) is 0 Å². The van der Waals surface area contributed by atoms with Crippen molar-refractivity contribution in [3.8, 4) is 11.3 Å². The summed E-state index contributed by atoms with van der Waals surface area (Å²) in [5, 5.41) is 0.330. The molecule has 2 aromatic rings. The zero-order valence-corrected chi connectivity index (χ0v) is 7.94. The smallest absolute Gasteiger partial charge is 0.221 e. The van der Waals surface area contributed by atoms with E-state index in [0.717, 1.165) is 5.56 Å². The minimum Gasteiger partial charge on any atom is -0.368 e. The van der Waals surface area contributed by atoms with Crippen LogP contribution < -0.4 is 5.73 Å². The number of nitrogen functional groups attached to an aromatic ring is 1. The van der Waals surface area contributed by atoms with Crippen molar-refractivity contribution in [2.75, 3.05) is 5.73 Å². The van der Waals surface area contributed by atoms with Gasteiger partial charge in [-0.15, -0.1) is 0 Å². The molecule has 0 atom stereocenters. The van der Waals surface area contributed by atoms with Crippen molar-refractivity contribution in [1.82, 2.24) is 15.0 Å². The summed E-state index contributed by atoms with van der Waals surface area (Å²) in [7, 11) is 0. The Morgan fingerprint density at radius 1 is 1.29 bits per heavy atom. The van der Waals surface area contributed by atoms with Gasteiger partial charge in [0.25, 0.3) is 0 Å². The van der Waals surface area contributed by atoms with E-state index in [2.05, 4.69) is 15.0 Å². The number of nitrogens with two attached hydrogens (primary N) is 1. The molecule has 2 heterocycles. The molecule has 0 fully saturated rings. The predicted molar refractivity (Wildman–Crippen MR) is 54.7 cm³/mol. The molecular weight excluding hydrogens is 200 g/mol. The molecule has 0 radical (unpaired) electrons. The summed E-state index contributed by atoms with van der Waals surface area (Å²) in [6, 6.07) is 5.35. The fraction of sp³-hybridized carbons (Fsp3) is 0. The fourth-order valence-electron chi connectivity index (χ4n) is 1.10. The number of nitrogens with zero attached hydrogens (tertiary/aromatic N) is 3. The first kappa shape index (κ1) is 8.90. The van der Waals surface area contributed by atoms with Crippen LogP contribution in [0.25, 0.3) is 11.3 Å². The van der Waals surface area contributed by atoms with Gasteiger partial charge < -0.3 is 5.73 Å². The van der Waals surface area contributed by atoms with Gasteiger partial charge in [-0.3, -0.25) is 4.98 Å². The average molecular weight is 207 g/mol. The number of pyridine rings is 1. The quantitative estimate of drug-likeness (QED) is 0.723. The van der Waals surface area contributed by atoms with Crippen LogP contribution in [-0.2, 0) is 0 Å². The van der Waals surface area contributed by atoms with E-state index in [4.69, 9.17) is 17.3 Å². The first-order valence-corrected chi connectivity index (χ1v) is 4.34. The summed E-state index contributed by atoms with van der Waals surface area (Å²) in [6.07, 6.45) is 3.38. The van der Waals surface area contributed by atoms with Gasteiger partial charge in [0, 0.05) is 24.0 Å². The maximum absolute atomic E-state index is 5.75. The second-order valence-corrected chi connectivity index (χ2v) is 3.06. The minimum atomic E-state index is 0.163. The van der Waals surface area contributed by atoms with Gasteiger partial charge >= 0.3 is 0 Å². The van der Waals surface area contributed by atoms with Crippen molar-refractivity contribution in [2.45, 2.75) is 0 Å². The molecule has 2 N–H and O–H groups in total. The normalized spacial score (nSPS) is 10.1. The Balaban J connectivity index is 2.52. The van der Waals surface area contributed by atoms with E-state index in [1.54, 1.807) is 18.5 Å². The summed E-state index contributed by atoms with van der Waals surface area (Å²) < 4.78 is 0. The van der Waals surface area contributed by atoms with Gasteiger partial charge in [-0.05, 0) is 12.1 Å². The maximum atomic E-state index is 5.75. The van der Waals surface area contributed by atoms with E-state index >= 15 is 0 Å². The molecule has 14 heavy (non-hydrogen) atoms. The van der Waals surface area contributed by atoms with Crippen molar-refractivity contribution in [2.24, 2.45) is 0 Å². The fourth-order valence-corrected chi connectivity index (χ4v) is 1.29. The van der Waals surface area contributed by atoms with E-state index in [1.807, 2.05) is 12.1 Å². The van der Waals surface area contributed by atoms with Gasteiger partial charge in [0.15, 0.2) is 0 Å². The summed E-state index contributed by atoms with van der Waals surface area (Å²) in [5.41, 5.74) is 7.01. The standard InChI is InChI=1S/C9H7ClN4/c10-8-4-7(13-9(11)14-8)6-2-1-3-12-5-6/h1-5H,(H2,11,13,14). The summed E-state index contributed by atoms with van der Waals surface area (Å²) in [6.45, 7) is 0. The van der Waals surface area contributed by atoms with E-state index in [9.17, 15) is 0 Å². The topological polar surface area (TPSA) is 64.7 Å². The number of rotatable bonds is 1. The first-order valence-electron chi connectivity index (χ1n) is 3.96. The highest BCUT2D eigenvalue weighted by Crippen LogP contribution is 2.18. The predicted octanol–water partition coefficient (Wildman–Crippen LogP) is 1.77. The van der Waals surface area contributed by atoms with Crippen molar-refractivity contribution < 1.29 is 0 Å². The second kappa shape index (κ2) is 3.59. The van der Waals surface area contributed by atoms with Crippen LogP contribution in [0.5, 0.6) is 0 Å². The highest BCUT2D eigenvalue weighted by atomic mass is 35.5. The molecule has 0 aliphatic rings. The second-order valence-electron chi connectivity index (χ2n) is 2.68. The van der Waals surface area contributed by atoms with Crippen LogP contribution in [0.3, 0.4) is 0 Å². The van der Waals surface area contributed by atoms with Crippen LogP contribution in [-0.4, -0.2) is 15.0 Å². The van der Waals surface area contributed by atoms with Gasteiger partial charge in [-0.2, -0.15) is 0 Å². The molecule has 0 bridgehead atoms. The van der Waals surface area contributed by atoms with Crippen molar-refractivity contribution in [3.63, 3.8) is 0 Å². The summed E-state index contributed by atoms with van der Waals surface area (Å²) in [4.78, 5) is 11.8. The number of anilines is 1. The number of hydrogen-bond donors (Lipinski definition) is 1. The minimum absolute atomic E-state index is 0.163. The lowest BCUT2D eigenvalue weighted by molar-refractivity contribution is 1.18. The molecule has 70 valence electrons. The van der Waals surface area contributed by atoms with Gasteiger partial charge in [-0.1, -0.05) is 11.6 Å². The highest BCUT2D eigenvalue weighted by Gasteiger charge is 2.02. The van der Waals surface area contributed by atoms with Crippen molar-refractivity contribution in [3.05, 3.63) is 35.7 Å².